The number of nitrogens with zero attached hydrogens (tertiary/aromatic N) is 1. The van der Waals surface area contributed by atoms with E-state index in [4.69, 9.17) is 4.74 Å². The molecule has 2 atom stereocenters. The highest BCUT2D eigenvalue weighted by molar-refractivity contribution is 7.99. The number of ether oxygens (including phenoxy) is 1. The normalized spacial score (nSPS) is 25.7. The van der Waals surface area contributed by atoms with Crippen LogP contribution in [-0.4, -0.2) is 20.7 Å². The van der Waals surface area contributed by atoms with Gasteiger partial charge in [0.25, 0.3) is 5.56 Å². The monoisotopic (exact) mass is 228 g/mol. The SMILES string of the molecule is CCC1OC(n2ccc(=O)[nH]c2=O)CS1. The Hall–Kier alpha value is -1.01. The van der Waals surface area contributed by atoms with Gasteiger partial charge in [0.2, 0.25) is 0 Å². The summed E-state index contributed by atoms with van der Waals surface area (Å²) in [7, 11) is 0. The van der Waals surface area contributed by atoms with Crippen LogP contribution in [0.2, 0.25) is 0 Å². The fourth-order valence-corrected chi connectivity index (χ4v) is 2.52. The second-order valence-electron chi connectivity index (χ2n) is 3.28. The standard InChI is InChI=1S/C9H12N2O3S/c1-2-8-14-7(5-15-8)11-4-3-6(12)10-9(11)13/h3-4,7-8H,2,5H2,1H3,(H,10,12,13). The first-order chi connectivity index (χ1) is 7.20. The van der Waals surface area contributed by atoms with Gasteiger partial charge in [-0.25, -0.2) is 4.79 Å². The van der Waals surface area contributed by atoms with Gasteiger partial charge in [-0.1, -0.05) is 6.92 Å². The maximum Gasteiger partial charge on any atom is 0.330 e. The maximum atomic E-state index is 11.4. The van der Waals surface area contributed by atoms with Gasteiger partial charge in [0, 0.05) is 18.0 Å². The molecule has 15 heavy (non-hydrogen) atoms. The molecule has 0 spiro atoms. The first-order valence-electron chi connectivity index (χ1n) is 4.79. The number of aromatic nitrogens is 2. The van der Waals surface area contributed by atoms with E-state index >= 15 is 0 Å². The highest BCUT2D eigenvalue weighted by atomic mass is 32.2. The molecule has 2 unspecified atom stereocenters. The first-order valence-corrected chi connectivity index (χ1v) is 5.84. The van der Waals surface area contributed by atoms with Crippen molar-refractivity contribution in [1.29, 1.82) is 0 Å². The van der Waals surface area contributed by atoms with Crippen molar-refractivity contribution in [3.63, 3.8) is 0 Å². The average molecular weight is 228 g/mol. The van der Waals surface area contributed by atoms with Gasteiger partial charge in [-0.05, 0) is 6.42 Å². The lowest BCUT2D eigenvalue weighted by Crippen LogP contribution is -2.32. The molecule has 1 aromatic heterocycles. The molecular formula is C9H12N2O3S. The third-order valence-electron chi connectivity index (χ3n) is 2.23. The molecule has 2 heterocycles. The number of aromatic amines is 1. The molecule has 0 saturated carbocycles. The third-order valence-corrected chi connectivity index (χ3v) is 3.52. The minimum Gasteiger partial charge on any atom is -0.343 e. The van der Waals surface area contributed by atoms with E-state index in [0.717, 1.165) is 12.2 Å². The fraction of sp³-hybridized carbons (Fsp3) is 0.556. The Kier molecular flexibility index (Phi) is 2.97. The molecule has 1 saturated heterocycles. The van der Waals surface area contributed by atoms with E-state index in [1.807, 2.05) is 6.92 Å². The second-order valence-corrected chi connectivity index (χ2v) is 4.47. The summed E-state index contributed by atoms with van der Waals surface area (Å²) in [5.74, 6) is 0.741. The van der Waals surface area contributed by atoms with Gasteiger partial charge in [-0.2, -0.15) is 0 Å². The summed E-state index contributed by atoms with van der Waals surface area (Å²) in [5.41, 5.74) is -0.646. The Morgan fingerprint density at radius 3 is 3.07 bits per heavy atom. The summed E-state index contributed by atoms with van der Waals surface area (Å²) in [4.78, 5) is 24.5. The van der Waals surface area contributed by atoms with Crippen molar-refractivity contribution in [2.24, 2.45) is 0 Å². The topological polar surface area (TPSA) is 64.1 Å². The Morgan fingerprint density at radius 1 is 1.67 bits per heavy atom. The van der Waals surface area contributed by atoms with Crippen molar-refractivity contribution in [1.82, 2.24) is 9.55 Å². The van der Waals surface area contributed by atoms with Crippen LogP contribution < -0.4 is 11.2 Å². The van der Waals surface area contributed by atoms with Crippen molar-refractivity contribution < 1.29 is 4.74 Å². The Morgan fingerprint density at radius 2 is 2.47 bits per heavy atom. The van der Waals surface area contributed by atoms with Gasteiger partial charge in [0.15, 0.2) is 0 Å². The van der Waals surface area contributed by atoms with Crippen LogP contribution in [0, 0.1) is 0 Å². The summed E-state index contributed by atoms with van der Waals surface area (Å²) < 4.78 is 7.04. The summed E-state index contributed by atoms with van der Waals surface area (Å²) in [6.45, 7) is 2.04. The summed E-state index contributed by atoms with van der Waals surface area (Å²) in [6.07, 6.45) is 2.13. The van der Waals surface area contributed by atoms with Crippen LogP contribution in [0.25, 0.3) is 0 Å². The minimum atomic E-state index is -0.412. The lowest BCUT2D eigenvalue weighted by Gasteiger charge is -2.13. The molecule has 2 rings (SSSR count). The summed E-state index contributed by atoms with van der Waals surface area (Å²) in [5, 5.41) is 0. The number of thioether (sulfide) groups is 1. The molecule has 82 valence electrons. The van der Waals surface area contributed by atoms with Crippen molar-refractivity contribution in [2.75, 3.05) is 5.75 Å². The fourth-order valence-electron chi connectivity index (χ4n) is 1.46. The third kappa shape index (κ3) is 2.15. The lowest BCUT2D eigenvalue weighted by atomic mass is 10.5. The predicted octanol–water partition coefficient (Wildman–Crippen LogP) is 0.535. The molecule has 6 heteroatoms. The highest BCUT2D eigenvalue weighted by Crippen LogP contribution is 2.32. The Labute approximate surface area is 90.5 Å². The van der Waals surface area contributed by atoms with Crippen LogP contribution in [0.1, 0.15) is 19.6 Å². The summed E-state index contributed by atoms with van der Waals surface area (Å²) in [6, 6.07) is 1.33. The number of nitrogens with one attached hydrogen (secondary N) is 1. The average Bonchev–Trinajstić information content (AvgIpc) is 2.66. The number of hydrogen-bond donors (Lipinski definition) is 1. The van der Waals surface area contributed by atoms with Crippen molar-refractivity contribution in [3.05, 3.63) is 33.1 Å². The molecule has 1 aliphatic heterocycles. The van der Waals surface area contributed by atoms with Crippen LogP contribution in [0.3, 0.4) is 0 Å². The molecular weight excluding hydrogens is 216 g/mol. The van der Waals surface area contributed by atoms with Gasteiger partial charge in [0.1, 0.15) is 11.7 Å². The van der Waals surface area contributed by atoms with Gasteiger partial charge in [0.05, 0.1) is 0 Å². The predicted molar refractivity (Wildman–Crippen MR) is 58.0 cm³/mol. The quantitative estimate of drug-likeness (QED) is 0.802. The molecule has 0 aromatic carbocycles. The number of rotatable bonds is 2. The first kappa shape index (κ1) is 10.5. The van der Waals surface area contributed by atoms with Gasteiger partial charge in [-0.15, -0.1) is 11.8 Å². The number of hydrogen-bond acceptors (Lipinski definition) is 4. The molecule has 1 fully saturated rings. The molecule has 0 bridgehead atoms. The van der Waals surface area contributed by atoms with Gasteiger partial charge in [-0.3, -0.25) is 14.3 Å². The van der Waals surface area contributed by atoms with Crippen LogP contribution in [-0.2, 0) is 4.74 Å². The van der Waals surface area contributed by atoms with Crippen LogP contribution >= 0.6 is 11.8 Å². The van der Waals surface area contributed by atoms with Crippen molar-refractivity contribution >= 4 is 11.8 Å². The zero-order valence-corrected chi connectivity index (χ0v) is 9.12. The minimum absolute atomic E-state index is 0.147. The molecule has 0 aliphatic carbocycles. The van der Waals surface area contributed by atoms with E-state index in [9.17, 15) is 9.59 Å². The smallest absolute Gasteiger partial charge is 0.330 e. The van der Waals surface area contributed by atoms with Crippen molar-refractivity contribution in [3.8, 4) is 0 Å². The summed E-state index contributed by atoms with van der Waals surface area (Å²) >= 11 is 1.68. The van der Waals surface area contributed by atoms with E-state index < -0.39 is 5.69 Å². The second kappa shape index (κ2) is 4.24. The Bertz CT molecular complexity index is 453. The molecule has 0 radical (unpaired) electrons. The van der Waals surface area contributed by atoms with Gasteiger partial charge >= 0.3 is 5.69 Å². The van der Waals surface area contributed by atoms with Crippen LogP contribution in [0.4, 0.5) is 0 Å². The molecule has 1 N–H and O–H groups in total. The van der Waals surface area contributed by atoms with E-state index in [1.54, 1.807) is 11.8 Å². The molecule has 5 nitrogen and oxygen atoms in total. The maximum absolute atomic E-state index is 11.4. The van der Waals surface area contributed by atoms with Gasteiger partial charge < -0.3 is 4.74 Å². The van der Waals surface area contributed by atoms with E-state index in [0.29, 0.717) is 0 Å². The molecule has 1 aromatic rings. The van der Waals surface area contributed by atoms with E-state index in [2.05, 4.69) is 4.98 Å². The zero-order chi connectivity index (χ0) is 10.8. The zero-order valence-electron chi connectivity index (χ0n) is 8.30. The van der Waals surface area contributed by atoms with Crippen LogP contribution in [0.15, 0.2) is 21.9 Å². The molecule has 1 aliphatic rings. The van der Waals surface area contributed by atoms with E-state index in [-0.39, 0.29) is 17.2 Å². The largest absolute Gasteiger partial charge is 0.343 e. The number of H-pyrrole nitrogens is 1. The van der Waals surface area contributed by atoms with Crippen LogP contribution in [0.5, 0.6) is 0 Å². The lowest BCUT2D eigenvalue weighted by molar-refractivity contribution is 0.0147. The van der Waals surface area contributed by atoms with Crippen molar-refractivity contribution in [2.45, 2.75) is 25.0 Å². The molecule has 0 amide bonds. The Balaban J connectivity index is 2.24. The van der Waals surface area contributed by atoms with E-state index in [1.165, 1.54) is 16.8 Å². The highest BCUT2D eigenvalue weighted by Gasteiger charge is 2.26.